The molecule has 0 atom stereocenters. The lowest BCUT2D eigenvalue weighted by Gasteiger charge is -2.23. The van der Waals surface area contributed by atoms with E-state index in [1.807, 2.05) is 80.6 Å². The summed E-state index contributed by atoms with van der Waals surface area (Å²) in [6.07, 6.45) is -1.20. The minimum Gasteiger partial charge on any atom is -0.373 e. The van der Waals surface area contributed by atoms with Crippen LogP contribution in [0.5, 0.6) is 0 Å². The molecule has 0 saturated carbocycles. The molecule has 1 heterocycles. The van der Waals surface area contributed by atoms with Crippen LogP contribution in [0.2, 0.25) is 0 Å². The van der Waals surface area contributed by atoms with E-state index in [4.69, 9.17) is 33.9 Å². The monoisotopic (exact) mass is 658 g/mol. The number of nitrogens with one attached hydrogen (secondary N) is 3. The van der Waals surface area contributed by atoms with Crippen LogP contribution < -0.4 is 26.6 Å². The Morgan fingerprint density at radius 2 is 1.46 bits per heavy atom. The molecule has 10 nitrogen and oxygen atoms in total. The van der Waals surface area contributed by atoms with Crippen LogP contribution in [0.3, 0.4) is 0 Å². The fourth-order valence-electron chi connectivity index (χ4n) is 5.17. The Balaban J connectivity index is 1.43. The smallest absolute Gasteiger partial charge is 0.373 e. The zero-order chi connectivity index (χ0) is 32.8. The molecule has 46 heavy (non-hydrogen) atoms. The van der Waals surface area contributed by atoms with Crippen molar-refractivity contribution in [2.45, 2.75) is 13.8 Å². The highest BCUT2D eigenvalue weighted by atomic mass is 35.5. The third kappa shape index (κ3) is 7.25. The molecule has 12 heteroatoms. The first-order valence-corrected chi connectivity index (χ1v) is 15.5. The highest BCUT2D eigenvalue weighted by Crippen LogP contribution is 2.36. The Hall–Kier alpha value is -5.06. The maximum Gasteiger partial charge on any atom is 0.412 e. The maximum atomic E-state index is 13.0. The molecule has 5 aromatic rings. The fourth-order valence-corrected chi connectivity index (χ4v) is 5.58. The number of para-hydroxylation sites is 2. The first-order valence-electron chi connectivity index (χ1n) is 14.4. The van der Waals surface area contributed by atoms with Crippen molar-refractivity contribution in [1.82, 2.24) is 4.98 Å². The maximum absolute atomic E-state index is 13.0. The highest BCUT2D eigenvalue weighted by Gasteiger charge is 2.19. The van der Waals surface area contributed by atoms with Crippen molar-refractivity contribution in [3.63, 3.8) is 0 Å². The van der Waals surface area contributed by atoms with Gasteiger partial charge >= 0.3 is 18.1 Å². The lowest BCUT2D eigenvalue weighted by Crippen LogP contribution is -2.27. The Morgan fingerprint density at radius 3 is 2.13 bits per heavy atom. The summed E-state index contributed by atoms with van der Waals surface area (Å²) in [5.41, 5.74) is 11.5. The van der Waals surface area contributed by atoms with Gasteiger partial charge in [0.25, 0.3) is 0 Å². The number of amides is 3. The number of nitrogens with two attached hydrogens (primary N) is 1. The summed E-state index contributed by atoms with van der Waals surface area (Å²) in [4.78, 5) is 43.9. The van der Waals surface area contributed by atoms with Crippen LogP contribution in [0.25, 0.3) is 21.8 Å². The number of benzene rings is 4. The molecule has 0 spiro atoms. The summed E-state index contributed by atoms with van der Waals surface area (Å²) in [7, 11) is 0. The van der Waals surface area contributed by atoms with Crippen molar-refractivity contribution in [1.29, 1.82) is 0 Å². The number of hydrogen-bond donors (Lipinski definition) is 4. The molecule has 5 rings (SSSR count). The number of carbonyl (C=O) groups is 3. The van der Waals surface area contributed by atoms with Gasteiger partial charge in [-0.25, -0.2) is 19.4 Å². The summed E-state index contributed by atoms with van der Waals surface area (Å²) in [6, 6.07) is 23.5. The number of aromatic nitrogens is 1. The van der Waals surface area contributed by atoms with Gasteiger partial charge in [-0.1, -0.05) is 36.4 Å². The van der Waals surface area contributed by atoms with Gasteiger partial charge in [-0.2, -0.15) is 0 Å². The zero-order valence-corrected chi connectivity index (χ0v) is 26.7. The van der Waals surface area contributed by atoms with Gasteiger partial charge in [0.05, 0.1) is 22.3 Å². The fraction of sp³-hybridized carbons (Fsp3) is 0.176. The summed E-state index contributed by atoms with van der Waals surface area (Å²) in [6.45, 7) is 5.15. The Bertz CT molecular complexity index is 1930. The van der Waals surface area contributed by atoms with Crippen molar-refractivity contribution < 1.29 is 19.1 Å². The van der Waals surface area contributed by atoms with Gasteiger partial charge in [0, 0.05) is 58.4 Å². The van der Waals surface area contributed by atoms with E-state index in [0.29, 0.717) is 64.0 Å². The number of urea groups is 1. The molecule has 3 amide bonds. The lowest BCUT2D eigenvalue weighted by atomic mass is 10.0. The van der Waals surface area contributed by atoms with E-state index in [1.165, 1.54) is 6.07 Å². The molecule has 0 saturated heterocycles. The van der Waals surface area contributed by atoms with E-state index in [1.54, 1.807) is 6.07 Å². The van der Waals surface area contributed by atoms with Crippen LogP contribution in [-0.4, -0.2) is 47.9 Å². The number of halogens is 2. The molecule has 0 bridgehead atoms. The summed E-state index contributed by atoms with van der Waals surface area (Å²) in [5, 5.41) is 10.7. The van der Waals surface area contributed by atoms with E-state index in [9.17, 15) is 14.4 Å². The number of rotatable bonds is 10. The Labute approximate surface area is 275 Å². The van der Waals surface area contributed by atoms with Crippen LogP contribution in [0.4, 0.5) is 38.0 Å². The third-order valence-corrected chi connectivity index (χ3v) is 7.74. The predicted octanol–water partition coefficient (Wildman–Crippen LogP) is 7.91. The van der Waals surface area contributed by atoms with Gasteiger partial charge in [-0.3, -0.25) is 0 Å². The largest absolute Gasteiger partial charge is 0.412 e. The van der Waals surface area contributed by atoms with Crippen LogP contribution in [0, 0.1) is 13.8 Å². The molecule has 0 aliphatic carbocycles. The molecular formula is C34H32Cl2N6O4. The molecule has 0 unspecified atom stereocenters. The van der Waals surface area contributed by atoms with Gasteiger partial charge in [0.15, 0.2) is 0 Å². The predicted molar refractivity (Wildman–Crippen MR) is 186 cm³/mol. The number of hydrogen-bond acceptors (Lipinski definition) is 7. The minimum absolute atomic E-state index is 0.103. The number of nitrogens with zero attached hydrogens (tertiary/aromatic N) is 2. The van der Waals surface area contributed by atoms with Gasteiger partial charge in [-0.15, -0.1) is 23.2 Å². The quantitative estimate of drug-likeness (QED) is 0.0517. The van der Waals surface area contributed by atoms with E-state index in [-0.39, 0.29) is 5.56 Å². The number of ether oxygens (including phenoxy) is 1. The van der Waals surface area contributed by atoms with Crippen LogP contribution in [-0.2, 0) is 4.74 Å². The zero-order valence-electron chi connectivity index (χ0n) is 25.2. The molecule has 1 aromatic heterocycles. The topological polar surface area (TPSA) is 139 Å². The highest BCUT2D eigenvalue weighted by molar-refractivity contribution is 6.19. The van der Waals surface area contributed by atoms with E-state index >= 15 is 0 Å². The van der Waals surface area contributed by atoms with Crippen LogP contribution in [0.15, 0.2) is 78.9 Å². The van der Waals surface area contributed by atoms with Crippen molar-refractivity contribution in [3.8, 4) is 0 Å². The molecule has 0 radical (unpaired) electrons. The second-order valence-corrected chi connectivity index (χ2v) is 11.3. The number of aryl methyl sites for hydroxylation is 2. The van der Waals surface area contributed by atoms with Crippen LogP contribution in [0.1, 0.15) is 21.5 Å². The number of carbonyl (C=O) groups excluding carboxylic acids is 3. The molecule has 0 aliphatic heterocycles. The second kappa shape index (κ2) is 14.4. The van der Waals surface area contributed by atoms with Crippen molar-refractivity contribution in [3.05, 3.63) is 95.6 Å². The van der Waals surface area contributed by atoms with Crippen molar-refractivity contribution >= 4 is 91.5 Å². The summed E-state index contributed by atoms with van der Waals surface area (Å²) >= 11 is 11.9. The summed E-state index contributed by atoms with van der Waals surface area (Å²) in [5.74, 6) is 0.0635. The van der Waals surface area contributed by atoms with Gasteiger partial charge < -0.3 is 31.3 Å². The Kier molecular flexibility index (Phi) is 10.1. The molecule has 0 aliphatic rings. The van der Waals surface area contributed by atoms with Gasteiger partial charge in [0.2, 0.25) is 0 Å². The SMILES string of the molecule is Cc1ccc(Nc2c3cccc(C)c3nc3c(C(=O)OC(N)=O)cccc23)cc1NC(=O)Nc1ccc(N(CCCl)CCCl)cc1. The number of esters is 1. The second-order valence-electron chi connectivity index (χ2n) is 10.5. The third-order valence-electron chi connectivity index (χ3n) is 7.40. The van der Waals surface area contributed by atoms with E-state index < -0.39 is 18.1 Å². The van der Waals surface area contributed by atoms with Gasteiger partial charge in [-0.05, 0) is 67.4 Å². The first kappa shape index (κ1) is 32.3. The molecule has 4 aromatic carbocycles. The number of primary amides is 1. The number of alkyl halides is 2. The van der Waals surface area contributed by atoms with Crippen molar-refractivity contribution in [2.75, 3.05) is 45.7 Å². The standard InChI is InChI=1S/C34H32Cl2N6O4/c1-20-9-10-23(19-28(20)40-34(45)39-22-11-13-24(14-12-22)42(17-15-35)18-16-36)38-30-25-6-3-5-21(2)29(25)41-31-26(30)7-4-8-27(31)32(43)46-33(37)44/h3-14,19H,15-18H2,1-2H3,(H2,37,44)(H,38,41)(H2,39,40,45). The average molecular weight is 660 g/mol. The Morgan fingerprint density at radius 1 is 0.804 bits per heavy atom. The molecular weight excluding hydrogens is 627 g/mol. The minimum atomic E-state index is -1.20. The normalized spacial score (nSPS) is 10.9. The average Bonchev–Trinajstić information content (AvgIpc) is 3.02. The lowest BCUT2D eigenvalue weighted by molar-refractivity contribution is 0.0640. The van der Waals surface area contributed by atoms with Gasteiger partial charge in [0.1, 0.15) is 0 Å². The first-order chi connectivity index (χ1) is 22.2. The van der Waals surface area contributed by atoms with Crippen LogP contribution >= 0.6 is 23.2 Å². The molecule has 236 valence electrons. The van der Waals surface area contributed by atoms with E-state index in [0.717, 1.165) is 22.2 Å². The number of anilines is 5. The molecule has 5 N–H and O–H groups in total. The molecule has 0 fully saturated rings. The van der Waals surface area contributed by atoms with Crippen molar-refractivity contribution in [2.24, 2.45) is 5.73 Å². The summed E-state index contributed by atoms with van der Waals surface area (Å²) < 4.78 is 4.67. The number of pyridine rings is 1. The van der Waals surface area contributed by atoms with E-state index in [2.05, 4.69) is 25.6 Å². The number of fused-ring (bicyclic) bond motifs is 2.